The summed E-state index contributed by atoms with van der Waals surface area (Å²) in [6.45, 7) is 4.25. The lowest BCUT2D eigenvalue weighted by atomic mass is 9.48. The summed E-state index contributed by atoms with van der Waals surface area (Å²) in [7, 11) is 0. The first-order valence-electron chi connectivity index (χ1n) is 9.19. The second kappa shape index (κ2) is 5.07. The number of carboxylic acids is 1. The van der Waals surface area contributed by atoms with Gasteiger partial charge in [0.2, 0.25) is 5.91 Å². The zero-order valence-electron chi connectivity index (χ0n) is 14.4. The molecule has 0 radical (unpaired) electrons. The van der Waals surface area contributed by atoms with Gasteiger partial charge in [0.05, 0.1) is 12.0 Å². The third-order valence-corrected chi connectivity index (χ3v) is 7.84. The van der Waals surface area contributed by atoms with E-state index in [9.17, 15) is 19.8 Å². The lowest BCUT2D eigenvalue weighted by molar-refractivity contribution is -0.157. The fourth-order valence-electron chi connectivity index (χ4n) is 6.74. The van der Waals surface area contributed by atoms with Gasteiger partial charge in [0.15, 0.2) is 0 Å². The van der Waals surface area contributed by atoms with E-state index in [1.165, 1.54) is 0 Å². The van der Waals surface area contributed by atoms with Crippen molar-refractivity contribution in [2.24, 2.45) is 34.5 Å². The highest BCUT2D eigenvalue weighted by atomic mass is 16.4. The van der Waals surface area contributed by atoms with E-state index in [0.717, 1.165) is 31.4 Å². The molecule has 0 aromatic heterocycles. The minimum absolute atomic E-state index is 0.0686. The second-order valence-electron chi connectivity index (χ2n) is 8.86. The average molecular weight is 333 g/mol. The van der Waals surface area contributed by atoms with Crippen LogP contribution in [0.2, 0.25) is 0 Å². The first-order valence-corrected chi connectivity index (χ1v) is 9.19. The summed E-state index contributed by atoms with van der Waals surface area (Å²) in [5.74, 6) is -0.217. The molecule has 1 aliphatic heterocycles. The number of carbonyl (C=O) groups excluding carboxylic acids is 1. The molecule has 132 valence electrons. The average Bonchev–Trinajstić information content (AvgIpc) is 2.84. The van der Waals surface area contributed by atoms with Gasteiger partial charge >= 0.3 is 5.97 Å². The molecule has 0 aromatic rings. The van der Waals surface area contributed by atoms with E-state index >= 15 is 0 Å². The Morgan fingerprint density at radius 2 is 2.08 bits per heavy atom. The van der Waals surface area contributed by atoms with Crippen LogP contribution in [0.1, 0.15) is 52.4 Å². The highest BCUT2D eigenvalue weighted by Crippen LogP contribution is 2.65. The Labute approximate surface area is 142 Å². The summed E-state index contributed by atoms with van der Waals surface area (Å²) < 4.78 is 0. The maximum absolute atomic E-state index is 11.8. The van der Waals surface area contributed by atoms with Crippen molar-refractivity contribution in [3.05, 3.63) is 11.8 Å². The van der Waals surface area contributed by atoms with Gasteiger partial charge in [-0.1, -0.05) is 19.9 Å². The molecule has 4 unspecified atom stereocenters. The van der Waals surface area contributed by atoms with Gasteiger partial charge in [-0.2, -0.15) is 0 Å². The van der Waals surface area contributed by atoms with Gasteiger partial charge in [-0.15, -0.1) is 0 Å². The standard InChI is InChI=1S/C19H27NO4/c1-18-8-7-15(22)20-14(18)6-3-10-11-4-5-12(17(23)24)19(11,2)9-13(21)16(10)18/h6,10-13,16,21H,3-5,7-9H2,1-2H3,(H,20,22)(H,23,24)/t10?,11?,12?,13-,16?,18-,19-/m0/s1. The molecule has 1 heterocycles. The zero-order chi connectivity index (χ0) is 17.3. The highest BCUT2D eigenvalue weighted by molar-refractivity contribution is 5.79. The SMILES string of the molecule is C[C@]12C[C@H](O)C3C(CC=C4NC(=O)CC[C@@]43C)C1CCC2C(=O)O. The van der Waals surface area contributed by atoms with E-state index in [4.69, 9.17) is 0 Å². The number of fused-ring (bicyclic) bond motifs is 5. The van der Waals surface area contributed by atoms with Gasteiger partial charge in [0.1, 0.15) is 0 Å². The molecule has 7 atom stereocenters. The van der Waals surface area contributed by atoms with Crippen molar-refractivity contribution in [1.29, 1.82) is 0 Å². The summed E-state index contributed by atoms with van der Waals surface area (Å²) in [4.78, 5) is 23.5. The zero-order valence-corrected chi connectivity index (χ0v) is 14.4. The summed E-state index contributed by atoms with van der Waals surface area (Å²) in [5, 5.41) is 23.7. The Morgan fingerprint density at radius 3 is 2.79 bits per heavy atom. The van der Waals surface area contributed by atoms with Crippen LogP contribution in [0.25, 0.3) is 0 Å². The Morgan fingerprint density at radius 1 is 1.33 bits per heavy atom. The first kappa shape index (κ1) is 16.1. The van der Waals surface area contributed by atoms with Crippen molar-refractivity contribution < 1.29 is 19.8 Å². The lowest BCUT2D eigenvalue weighted by Crippen LogP contribution is -2.58. The van der Waals surface area contributed by atoms with Crippen LogP contribution < -0.4 is 5.32 Å². The molecule has 0 spiro atoms. The van der Waals surface area contributed by atoms with Crippen LogP contribution in [0.5, 0.6) is 0 Å². The molecule has 2 saturated carbocycles. The number of piperidine rings is 1. The molecule has 0 bridgehead atoms. The smallest absolute Gasteiger partial charge is 0.307 e. The van der Waals surface area contributed by atoms with Crippen LogP contribution in [0.15, 0.2) is 11.8 Å². The fraction of sp³-hybridized carbons (Fsp3) is 0.789. The van der Waals surface area contributed by atoms with E-state index in [1.54, 1.807) is 0 Å². The largest absolute Gasteiger partial charge is 0.481 e. The van der Waals surface area contributed by atoms with Crippen LogP contribution in [0.3, 0.4) is 0 Å². The quantitative estimate of drug-likeness (QED) is 0.687. The topological polar surface area (TPSA) is 86.6 Å². The maximum atomic E-state index is 11.8. The molecule has 1 amide bonds. The molecule has 3 N–H and O–H groups in total. The molecule has 5 heteroatoms. The molecule has 3 fully saturated rings. The second-order valence-corrected chi connectivity index (χ2v) is 8.86. The third-order valence-electron chi connectivity index (χ3n) is 7.84. The molecule has 0 aromatic carbocycles. The number of aliphatic hydroxyl groups is 1. The number of aliphatic carboxylic acids is 1. The molecule has 3 aliphatic carbocycles. The van der Waals surface area contributed by atoms with Crippen molar-refractivity contribution in [2.75, 3.05) is 0 Å². The van der Waals surface area contributed by atoms with Crippen LogP contribution in [-0.4, -0.2) is 28.2 Å². The lowest BCUT2D eigenvalue weighted by Gasteiger charge is -2.58. The molecule has 1 saturated heterocycles. The Kier molecular flexibility index (Phi) is 3.41. The summed E-state index contributed by atoms with van der Waals surface area (Å²) in [6.07, 6.45) is 5.97. The molecular weight excluding hydrogens is 306 g/mol. The summed E-state index contributed by atoms with van der Waals surface area (Å²) in [6, 6.07) is 0. The van der Waals surface area contributed by atoms with Crippen LogP contribution in [-0.2, 0) is 9.59 Å². The van der Waals surface area contributed by atoms with Crippen molar-refractivity contribution in [3.63, 3.8) is 0 Å². The van der Waals surface area contributed by atoms with Crippen molar-refractivity contribution in [2.45, 2.75) is 58.5 Å². The Balaban J connectivity index is 1.73. The van der Waals surface area contributed by atoms with E-state index in [-0.39, 0.29) is 28.6 Å². The number of aliphatic hydroxyl groups excluding tert-OH is 1. The number of nitrogens with one attached hydrogen (secondary N) is 1. The van der Waals surface area contributed by atoms with E-state index in [2.05, 4.69) is 25.2 Å². The normalized spacial score (nSPS) is 50.2. The molecule has 5 nitrogen and oxygen atoms in total. The number of rotatable bonds is 1. The number of carbonyl (C=O) groups is 2. The number of amides is 1. The van der Waals surface area contributed by atoms with Gasteiger partial charge in [-0.05, 0) is 55.3 Å². The number of hydrogen-bond donors (Lipinski definition) is 3. The van der Waals surface area contributed by atoms with Gasteiger partial charge < -0.3 is 15.5 Å². The number of carboxylic acid groups (broad SMARTS) is 1. The van der Waals surface area contributed by atoms with Crippen LogP contribution in [0, 0.1) is 34.5 Å². The maximum Gasteiger partial charge on any atom is 0.307 e. The van der Waals surface area contributed by atoms with Crippen LogP contribution >= 0.6 is 0 Å². The van der Waals surface area contributed by atoms with Crippen molar-refractivity contribution >= 4 is 11.9 Å². The molecular formula is C19H27NO4. The monoisotopic (exact) mass is 333 g/mol. The Bertz CT molecular complexity index is 629. The van der Waals surface area contributed by atoms with Gasteiger partial charge in [0, 0.05) is 17.5 Å². The minimum atomic E-state index is -0.714. The summed E-state index contributed by atoms with van der Waals surface area (Å²) in [5.41, 5.74) is 0.473. The third kappa shape index (κ3) is 1.97. The van der Waals surface area contributed by atoms with Crippen LogP contribution in [0.4, 0.5) is 0 Å². The van der Waals surface area contributed by atoms with E-state index in [0.29, 0.717) is 24.7 Å². The summed E-state index contributed by atoms with van der Waals surface area (Å²) >= 11 is 0. The number of hydrogen-bond acceptors (Lipinski definition) is 3. The predicted molar refractivity (Wildman–Crippen MR) is 87.7 cm³/mol. The van der Waals surface area contributed by atoms with E-state index in [1.807, 2.05) is 0 Å². The number of allylic oxidation sites excluding steroid dienone is 2. The van der Waals surface area contributed by atoms with Gasteiger partial charge in [-0.3, -0.25) is 9.59 Å². The Hall–Kier alpha value is -1.36. The van der Waals surface area contributed by atoms with Gasteiger partial charge in [-0.25, -0.2) is 0 Å². The molecule has 4 aliphatic rings. The fourth-order valence-corrected chi connectivity index (χ4v) is 6.74. The van der Waals surface area contributed by atoms with Crippen molar-refractivity contribution in [3.8, 4) is 0 Å². The van der Waals surface area contributed by atoms with E-state index < -0.39 is 12.1 Å². The molecule has 24 heavy (non-hydrogen) atoms. The minimum Gasteiger partial charge on any atom is -0.481 e. The van der Waals surface area contributed by atoms with Crippen molar-refractivity contribution in [1.82, 2.24) is 5.32 Å². The van der Waals surface area contributed by atoms with Gasteiger partial charge in [0.25, 0.3) is 0 Å². The predicted octanol–water partition coefficient (Wildman–Crippen LogP) is 2.30. The molecule has 4 rings (SSSR count). The first-order chi connectivity index (χ1) is 11.3. The highest BCUT2D eigenvalue weighted by Gasteiger charge is 2.63.